The minimum Gasteiger partial charge on any atom is -0.497 e. The Morgan fingerprint density at radius 1 is 1.16 bits per heavy atom. The van der Waals surface area contributed by atoms with Gasteiger partial charge in [0.15, 0.2) is 0 Å². The molecule has 0 atom stereocenters. The molecule has 130 valence electrons. The molecule has 0 radical (unpaired) electrons. The standard InChI is InChI=1S/C18H16ClNO3S2/c1-3-23-16(21)10-13-17(14-8-9-15(19)24-14)25-18(20-13)11-4-6-12(22-2)7-5-11/h4-9H,3,10H2,1-2H3. The number of hydrogen-bond donors (Lipinski definition) is 0. The van der Waals surface area contributed by atoms with Crippen LogP contribution in [-0.2, 0) is 16.0 Å². The molecule has 0 unspecified atom stereocenters. The fourth-order valence-corrected chi connectivity index (χ4v) is 4.57. The molecule has 0 amide bonds. The fraction of sp³-hybridized carbons (Fsp3) is 0.222. The quantitative estimate of drug-likeness (QED) is 0.533. The number of esters is 1. The van der Waals surface area contributed by atoms with Gasteiger partial charge in [-0.2, -0.15) is 0 Å². The summed E-state index contributed by atoms with van der Waals surface area (Å²) in [5, 5.41) is 0.849. The first-order chi connectivity index (χ1) is 12.1. The van der Waals surface area contributed by atoms with Gasteiger partial charge in [0.1, 0.15) is 10.8 Å². The fourth-order valence-electron chi connectivity index (χ4n) is 2.31. The van der Waals surface area contributed by atoms with Crippen LogP contribution in [0, 0.1) is 0 Å². The number of hydrogen-bond acceptors (Lipinski definition) is 6. The maximum absolute atomic E-state index is 11.9. The smallest absolute Gasteiger partial charge is 0.311 e. The van der Waals surface area contributed by atoms with E-state index in [1.165, 1.54) is 11.3 Å². The minimum atomic E-state index is -0.280. The lowest BCUT2D eigenvalue weighted by atomic mass is 10.2. The zero-order valence-electron chi connectivity index (χ0n) is 13.7. The van der Waals surface area contributed by atoms with Crippen LogP contribution in [0.3, 0.4) is 0 Å². The predicted octanol–water partition coefficient (Wildman–Crippen LogP) is 5.31. The lowest BCUT2D eigenvalue weighted by molar-refractivity contribution is -0.142. The van der Waals surface area contributed by atoms with Gasteiger partial charge < -0.3 is 9.47 Å². The maximum Gasteiger partial charge on any atom is 0.311 e. The topological polar surface area (TPSA) is 48.4 Å². The van der Waals surface area contributed by atoms with Crippen molar-refractivity contribution in [3.8, 4) is 26.1 Å². The second-order valence-corrected chi connectivity index (χ2v) is 7.82. The van der Waals surface area contributed by atoms with Crippen molar-refractivity contribution in [1.82, 2.24) is 4.98 Å². The Kier molecular flexibility index (Phi) is 5.73. The Hall–Kier alpha value is -1.89. The Bertz CT molecular complexity index is 871. The van der Waals surface area contributed by atoms with Crippen LogP contribution in [-0.4, -0.2) is 24.7 Å². The van der Waals surface area contributed by atoms with Crippen LogP contribution in [0.15, 0.2) is 36.4 Å². The van der Waals surface area contributed by atoms with E-state index in [2.05, 4.69) is 4.98 Å². The van der Waals surface area contributed by atoms with E-state index in [1.54, 1.807) is 25.4 Å². The number of aromatic nitrogens is 1. The molecular formula is C18H16ClNO3S2. The molecule has 3 rings (SSSR count). The minimum absolute atomic E-state index is 0.144. The van der Waals surface area contributed by atoms with Gasteiger partial charge in [0.05, 0.1) is 35.0 Å². The lowest BCUT2D eigenvalue weighted by Crippen LogP contribution is -2.08. The van der Waals surface area contributed by atoms with E-state index in [0.717, 1.165) is 26.1 Å². The molecule has 0 fully saturated rings. The van der Waals surface area contributed by atoms with E-state index in [9.17, 15) is 4.79 Å². The van der Waals surface area contributed by atoms with Crippen molar-refractivity contribution < 1.29 is 14.3 Å². The zero-order chi connectivity index (χ0) is 17.8. The van der Waals surface area contributed by atoms with Gasteiger partial charge in [-0.3, -0.25) is 4.79 Å². The molecular weight excluding hydrogens is 378 g/mol. The summed E-state index contributed by atoms with van der Waals surface area (Å²) in [6.07, 6.45) is 0.144. The maximum atomic E-state index is 11.9. The molecule has 4 nitrogen and oxygen atoms in total. The summed E-state index contributed by atoms with van der Waals surface area (Å²) in [5.41, 5.74) is 1.69. The molecule has 0 spiro atoms. The highest BCUT2D eigenvalue weighted by atomic mass is 35.5. The number of methoxy groups -OCH3 is 1. The molecule has 1 aromatic carbocycles. The summed E-state index contributed by atoms with van der Waals surface area (Å²) in [5.74, 6) is 0.510. The third kappa shape index (κ3) is 4.21. The summed E-state index contributed by atoms with van der Waals surface area (Å²) in [6.45, 7) is 2.15. The molecule has 7 heteroatoms. The van der Waals surface area contributed by atoms with Crippen LogP contribution in [0.4, 0.5) is 0 Å². The Morgan fingerprint density at radius 2 is 1.92 bits per heavy atom. The summed E-state index contributed by atoms with van der Waals surface area (Å²) in [4.78, 5) is 18.6. The Labute approximate surface area is 159 Å². The molecule has 0 aliphatic carbocycles. The van der Waals surface area contributed by atoms with Crippen molar-refractivity contribution in [2.45, 2.75) is 13.3 Å². The van der Waals surface area contributed by atoms with Gasteiger partial charge in [0.2, 0.25) is 0 Å². The molecule has 25 heavy (non-hydrogen) atoms. The number of rotatable bonds is 6. The Morgan fingerprint density at radius 3 is 2.52 bits per heavy atom. The number of carbonyl (C=O) groups excluding carboxylic acids is 1. The largest absolute Gasteiger partial charge is 0.497 e. The molecule has 0 N–H and O–H groups in total. The van der Waals surface area contributed by atoms with Gasteiger partial charge >= 0.3 is 5.97 Å². The van der Waals surface area contributed by atoms with E-state index in [4.69, 9.17) is 21.1 Å². The number of halogens is 1. The highest BCUT2D eigenvalue weighted by molar-refractivity contribution is 7.25. The summed E-state index contributed by atoms with van der Waals surface area (Å²) < 4.78 is 11.0. The first-order valence-electron chi connectivity index (χ1n) is 7.66. The average Bonchev–Trinajstić information content (AvgIpc) is 3.21. The number of benzene rings is 1. The zero-order valence-corrected chi connectivity index (χ0v) is 16.1. The first-order valence-corrected chi connectivity index (χ1v) is 9.67. The van der Waals surface area contributed by atoms with Crippen LogP contribution in [0.25, 0.3) is 20.3 Å². The van der Waals surface area contributed by atoms with E-state index in [1.807, 2.05) is 36.4 Å². The third-order valence-electron chi connectivity index (χ3n) is 3.45. The third-order valence-corrected chi connectivity index (χ3v) is 6.01. The van der Waals surface area contributed by atoms with E-state index in [-0.39, 0.29) is 12.4 Å². The SMILES string of the molecule is CCOC(=O)Cc1nc(-c2ccc(OC)cc2)sc1-c1ccc(Cl)s1. The van der Waals surface area contributed by atoms with Crippen molar-refractivity contribution in [3.63, 3.8) is 0 Å². The van der Waals surface area contributed by atoms with Crippen LogP contribution < -0.4 is 4.74 Å². The highest BCUT2D eigenvalue weighted by Crippen LogP contribution is 2.40. The average molecular weight is 394 g/mol. The van der Waals surface area contributed by atoms with E-state index < -0.39 is 0 Å². The van der Waals surface area contributed by atoms with Gasteiger partial charge in [-0.1, -0.05) is 11.6 Å². The molecule has 0 bridgehead atoms. The lowest BCUT2D eigenvalue weighted by Gasteiger charge is -2.01. The first kappa shape index (κ1) is 17.9. The van der Waals surface area contributed by atoms with Crippen LogP contribution >= 0.6 is 34.3 Å². The van der Waals surface area contributed by atoms with Crippen molar-refractivity contribution >= 4 is 40.2 Å². The second-order valence-electron chi connectivity index (χ2n) is 5.11. The van der Waals surface area contributed by atoms with E-state index >= 15 is 0 Å². The van der Waals surface area contributed by atoms with Crippen LogP contribution in [0.5, 0.6) is 5.75 Å². The molecule has 0 aliphatic rings. The predicted molar refractivity (Wildman–Crippen MR) is 103 cm³/mol. The normalized spacial score (nSPS) is 10.7. The number of thiophene rings is 1. The van der Waals surface area contributed by atoms with Crippen molar-refractivity contribution in [2.75, 3.05) is 13.7 Å². The second kappa shape index (κ2) is 7.99. The molecule has 0 saturated carbocycles. The van der Waals surface area contributed by atoms with E-state index in [0.29, 0.717) is 16.6 Å². The summed E-state index contributed by atoms with van der Waals surface area (Å²) in [7, 11) is 1.63. The van der Waals surface area contributed by atoms with Crippen LogP contribution in [0.1, 0.15) is 12.6 Å². The number of carbonyl (C=O) groups is 1. The molecule has 2 aromatic heterocycles. The van der Waals surface area contributed by atoms with Crippen LogP contribution in [0.2, 0.25) is 4.34 Å². The van der Waals surface area contributed by atoms with Crippen molar-refractivity contribution in [1.29, 1.82) is 0 Å². The van der Waals surface area contributed by atoms with Gasteiger partial charge in [0.25, 0.3) is 0 Å². The Balaban J connectivity index is 1.99. The molecule has 2 heterocycles. The van der Waals surface area contributed by atoms with Crippen molar-refractivity contribution in [2.24, 2.45) is 0 Å². The summed E-state index contributed by atoms with van der Waals surface area (Å²) in [6, 6.07) is 11.5. The van der Waals surface area contributed by atoms with Gasteiger partial charge in [-0.15, -0.1) is 22.7 Å². The monoisotopic (exact) mass is 393 g/mol. The number of nitrogens with zero attached hydrogens (tertiary/aromatic N) is 1. The summed E-state index contributed by atoms with van der Waals surface area (Å²) >= 11 is 9.09. The van der Waals surface area contributed by atoms with Gasteiger partial charge in [-0.05, 0) is 43.3 Å². The number of thiazole rings is 1. The highest BCUT2D eigenvalue weighted by Gasteiger charge is 2.19. The molecule has 3 aromatic rings. The van der Waals surface area contributed by atoms with Gasteiger partial charge in [0, 0.05) is 10.4 Å². The van der Waals surface area contributed by atoms with Crippen molar-refractivity contribution in [3.05, 3.63) is 46.4 Å². The number of ether oxygens (including phenoxy) is 2. The molecule has 0 aliphatic heterocycles. The van der Waals surface area contributed by atoms with Gasteiger partial charge in [-0.25, -0.2) is 4.98 Å². The molecule has 0 saturated heterocycles.